The molecule has 10 heteroatoms. The van der Waals surface area contributed by atoms with Crippen LogP contribution in [0.3, 0.4) is 0 Å². The molecule has 1 fully saturated rings. The van der Waals surface area contributed by atoms with Crippen molar-refractivity contribution in [1.82, 2.24) is 29.6 Å². The van der Waals surface area contributed by atoms with Gasteiger partial charge in [0.2, 0.25) is 5.91 Å². The minimum Gasteiger partial charge on any atom is -0.383 e. The lowest BCUT2D eigenvalue weighted by molar-refractivity contribution is -0.129. The van der Waals surface area contributed by atoms with Gasteiger partial charge in [-0.3, -0.25) is 9.59 Å². The standard InChI is InChI=1S/C19H22N6O3S/c1-28-9-8-24(10-16-21-15-5-3-2-4-14(15)18(27)22-16)17(26)11-29-19-23-20-12-25(19)13-6-7-13/h2-5,12-13H,6-11H2,1H3,(H,21,22,27). The smallest absolute Gasteiger partial charge is 0.258 e. The van der Waals surface area contributed by atoms with Crippen LogP contribution in [0.2, 0.25) is 0 Å². The van der Waals surface area contributed by atoms with Crippen LogP contribution in [0.25, 0.3) is 10.9 Å². The van der Waals surface area contributed by atoms with Gasteiger partial charge < -0.3 is 19.2 Å². The molecule has 0 spiro atoms. The van der Waals surface area contributed by atoms with E-state index >= 15 is 0 Å². The van der Waals surface area contributed by atoms with E-state index in [4.69, 9.17) is 4.74 Å². The molecule has 0 atom stereocenters. The first kappa shape index (κ1) is 19.6. The lowest BCUT2D eigenvalue weighted by Gasteiger charge is -2.21. The zero-order chi connectivity index (χ0) is 20.2. The van der Waals surface area contributed by atoms with E-state index in [9.17, 15) is 9.59 Å². The van der Waals surface area contributed by atoms with Gasteiger partial charge in [-0.2, -0.15) is 0 Å². The molecule has 9 nitrogen and oxygen atoms in total. The van der Waals surface area contributed by atoms with Crippen molar-refractivity contribution in [1.29, 1.82) is 0 Å². The number of hydrogen-bond acceptors (Lipinski definition) is 7. The quantitative estimate of drug-likeness (QED) is 0.530. The van der Waals surface area contributed by atoms with Gasteiger partial charge >= 0.3 is 0 Å². The maximum absolute atomic E-state index is 12.9. The summed E-state index contributed by atoms with van der Waals surface area (Å²) < 4.78 is 7.17. The molecule has 0 aliphatic heterocycles. The minimum atomic E-state index is -0.211. The Hall–Kier alpha value is -2.72. The number of fused-ring (bicyclic) bond motifs is 1. The van der Waals surface area contributed by atoms with E-state index in [-0.39, 0.29) is 23.8 Å². The molecule has 3 aromatic rings. The first-order chi connectivity index (χ1) is 14.2. The van der Waals surface area contributed by atoms with Crippen molar-refractivity contribution >= 4 is 28.6 Å². The zero-order valence-electron chi connectivity index (χ0n) is 16.1. The predicted octanol–water partition coefficient (Wildman–Crippen LogP) is 1.62. The number of nitrogens with zero attached hydrogens (tertiary/aromatic N) is 5. The van der Waals surface area contributed by atoms with Crippen molar-refractivity contribution in [2.24, 2.45) is 0 Å². The third-order valence-electron chi connectivity index (χ3n) is 4.73. The maximum Gasteiger partial charge on any atom is 0.258 e. The maximum atomic E-state index is 12.9. The van der Waals surface area contributed by atoms with Gasteiger partial charge in [-0.1, -0.05) is 23.9 Å². The van der Waals surface area contributed by atoms with Gasteiger partial charge in [-0.15, -0.1) is 10.2 Å². The summed E-state index contributed by atoms with van der Waals surface area (Å²) in [7, 11) is 1.59. The second-order valence-electron chi connectivity index (χ2n) is 6.88. The van der Waals surface area contributed by atoms with Crippen molar-refractivity contribution in [2.75, 3.05) is 26.0 Å². The van der Waals surface area contributed by atoms with Crippen LogP contribution in [0, 0.1) is 0 Å². The second-order valence-corrected chi connectivity index (χ2v) is 7.82. The number of rotatable bonds is 9. The fraction of sp³-hybridized carbons (Fsp3) is 0.421. The van der Waals surface area contributed by atoms with E-state index in [1.807, 2.05) is 10.6 Å². The molecule has 0 radical (unpaired) electrons. The number of aromatic amines is 1. The lowest BCUT2D eigenvalue weighted by Crippen LogP contribution is -2.36. The number of benzene rings is 1. The van der Waals surface area contributed by atoms with E-state index in [0.29, 0.717) is 35.9 Å². The monoisotopic (exact) mass is 414 g/mol. The molecule has 1 amide bonds. The minimum absolute atomic E-state index is 0.0757. The first-order valence-electron chi connectivity index (χ1n) is 9.42. The van der Waals surface area contributed by atoms with E-state index in [1.54, 1.807) is 36.5 Å². The van der Waals surface area contributed by atoms with Crippen LogP contribution < -0.4 is 5.56 Å². The highest BCUT2D eigenvalue weighted by atomic mass is 32.2. The van der Waals surface area contributed by atoms with Gasteiger partial charge in [0.25, 0.3) is 5.56 Å². The van der Waals surface area contributed by atoms with Crippen molar-refractivity contribution in [3.05, 3.63) is 46.8 Å². The summed E-state index contributed by atoms with van der Waals surface area (Å²) in [6, 6.07) is 7.60. The van der Waals surface area contributed by atoms with Crippen LogP contribution in [0.15, 0.2) is 40.5 Å². The topological polar surface area (TPSA) is 106 Å². The summed E-state index contributed by atoms with van der Waals surface area (Å²) in [6.07, 6.45) is 3.97. The van der Waals surface area contributed by atoms with Gasteiger partial charge in [0.05, 0.1) is 29.8 Å². The van der Waals surface area contributed by atoms with Gasteiger partial charge in [0, 0.05) is 19.7 Å². The number of nitrogens with one attached hydrogen (secondary N) is 1. The van der Waals surface area contributed by atoms with Crippen LogP contribution in [-0.2, 0) is 16.1 Å². The molecular weight excluding hydrogens is 392 g/mol. The number of aromatic nitrogens is 5. The summed E-state index contributed by atoms with van der Waals surface area (Å²) in [5.74, 6) is 0.602. The van der Waals surface area contributed by atoms with Gasteiger partial charge in [-0.05, 0) is 25.0 Å². The van der Waals surface area contributed by atoms with E-state index < -0.39 is 0 Å². The molecule has 2 heterocycles. The highest BCUT2D eigenvalue weighted by Gasteiger charge is 2.27. The number of para-hydroxylation sites is 1. The highest BCUT2D eigenvalue weighted by molar-refractivity contribution is 7.99. The van der Waals surface area contributed by atoms with Crippen LogP contribution in [0.5, 0.6) is 0 Å². The summed E-state index contributed by atoms with van der Waals surface area (Å²) in [5.41, 5.74) is 0.397. The first-order valence-corrected chi connectivity index (χ1v) is 10.4. The summed E-state index contributed by atoms with van der Waals surface area (Å²) in [4.78, 5) is 34.1. The van der Waals surface area contributed by atoms with Crippen LogP contribution in [-0.4, -0.2) is 61.6 Å². The zero-order valence-corrected chi connectivity index (χ0v) is 16.9. The third kappa shape index (κ3) is 4.65. The molecule has 2 aromatic heterocycles. The number of carbonyl (C=O) groups is 1. The van der Waals surface area contributed by atoms with Crippen LogP contribution in [0.4, 0.5) is 0 Å². The average molecular weight is 414 g/mol. The number of hydrogen-bond donors (Lipinski definition) is 1. The molecule has 152 valence electrons. The number of H-pyrrole nitrogens is 1. The van der Waals surface area contributed by atoms with E-state index in [0.717, 1.165) is 18.0 Å². The van der Waals surface area contributed by atoms with Gasteiger partial charge in [0.15, 0.2) is 5.16 Å². The summed E-state index contributed by atoms with van der Waals surface area (Å²) in [5, 5.41) is 9.36. The number of ether oxygens (including phenoxy) is 1. The Labute approximate surface area is 171 Å². The Bertz CT molecular complexity index is 1060. The molecule has 1 N–H and O–H groups in total. The molecule has 0 bridgehead atoms. The third-order valence-corrected chi connectivity index (χ3v) is 5.67. The van der Waals surface area contributed by atoms with E-state index in [2.05, 4.69) is 20.2 Å². The van der Waals surface area contributed by atoms with Crippen LogP contribution in [0.1, 0.15) is 24.7 Å². The average Bonchev–Trinajstić information content (AvgIpc) is 3.47. The van der Waals surface area contributed by atoms with Crippen molar-refractivity contribution < 1.29 is 9.53 Å². The molecule has 0 saturated heterocycles. The predicted molar refractivity (Wildman–Crippen MR) is 109 cm³/mol. The molecule has 29 heavy (non-hydrogen) atoms. The fourth-order valence-corrected chi connectivity index (χ4v) is 3.93. The second kappa shape index (κ2) is 8.75. The largest absolute Gasteiger partial charge is 0.383 e. The normalized spacial score (nSPS) is 13.7. The number of methoxy groups -OCH3 is 1. The lowest BCUT2D eigenvalue weighted by atomic mass is 10.2. The Morgan fingerprint density at radius 1 is 1.38 bits per heavy atom. The molecule has 1 aromatic carbocycles. The Balaban J connectivity index is 1.47. The van der Waals surface area contributed by atoms with Crippen molar-refractivity contribution in [3.63, 3.8) is 0 Å². The molecule has 4 rings (SSSR count). The Morgan fingerprint density at radius 3 is 3.00 bits per heavy atom. The van der Waals surface area contributed by atoms with Crippen molar-refractivity contribution in [2.45, 2.75) is 30.6 Å². The number of thioether (sulfide) groups is 1. The number of amides is 1. The van der Waals surface area contributed by atoms with Crippen molar-refractivity contribution in [3.8, 4) is 0 Å². The molecule has 0 unspecified atom stereocenters. The molecule has 1 saturated carbocycles. The van der Waals surface area contributed by atoms with Gasteiger partial charge in [-0.25, -0.2) is 4.98 Å². The fourth-order valence-electron chi connectivity index (χ4n) is 3.04. The van der Waals surface area contributed by atoms with Crippen LogP contribution >= 0.6 is 11.8 Å². The van der Waals surface area contributed by atoms with E-state index in [1.165, 1.54) is 11.8 Å². The molecule has 1 aliphatic carbocycles. The molecule has 1 aliphatic rings. The number of carbonyl (C=O) groups excluding carboxylic acids is 1. The van der Waals surface area contributed by atoms with Gasteiger partial charge in [0.1, 0.15) is 12.2 Å². The summed E-state index contributed by atoms with van der Waals surface area (Å²) in [6.45, 7) is 1.01. The summed E-state index contributed by atoms with van der Waals surface area (Å²) >= 11 is 1.37. The highest BCUT2D eigenvalue weighted by Crippen LogP contribution is 2.37. The Kier molecular flexibility index (Phi) is 5.91. The molecular formula is C19H22N6O3S. The SMILES string of the molecule is COCCN(Cc1nc2ccccc2c(=O)[nH]1)C(=O)CSc1nncn1C1CC1. The Morgan fingerprint density at radius 2 is 2.21 bits per heavy atom.